The van der Waals surface area contributed by atoms with Crippen LogP contribution >= 0.6 is 11.6 Å². The van der Waals surface area contributed by atoms with Gasteiger partial charge in [0.2, 0.25) is 0 Å². The van der Waals surface area contributed by atoms with Crippen molar-refractivity contribution in [3.63, 3.8) is 0 Å². The molecule has 0 saturated carbocycles. The standard InChI is InChI=1S/C30H26ClN5O3/c31-14-18-15-36(29(37)23-12-21-19-9-11-35(30(32)38)24(19)7-6-22(21)34-23)25-13-26(28-20(27(18)25)8-10-33-28)39-16-17-4-2-1-3-5-17/h1-8,10,12-13,18,33-34H,9,11,14-16H2,(H2,32,38)/t18-/m0/s1. The normalized spacial score (nSPS) is 16.2. The molecule has 3 amide bonds. The minimum absolute atomic E-state index is 0.00941. The van der Waals surface area contributed by atoms with Crippen LogP contribution in [0.5, 0.6) is 5.75 Å². The maximum absolute atomic E-state index is 14.0. The van der Waals surface area contributed by atoms with Gasteiger partial charge in [0.05, 0.1) is 11.2 Å². The van der Waals surface area contributed by atoms with Gasteiger partial charge in [-0.25, -0.2) is 4.79 Å². The quantitative estimate of drug-likeness (QED) is 0.251. The van der Waals surface area contributed by atoms with Gasteiger partial charge in [-0.2, -0.15) is 0 Å². The summed E-state index contributed by atoms with van der Waals surface area (Å²) in [6.07, 6.45) is 2.58. The van der Waals surface area contributed by atoms with Crippen molar-refractivity contribution >= 4 is 56.7 Å². The maximum atomic E-state index is 14.0. The number of carbonyl (C=O) groups excluding carboxylic acids is 2. The molecular weight excluding hydrogens is 514 g/mol. The van der Waals surface area contributed by atoms with Gasteiger partial charge in [0.1, 0.15) is 18.1 Å². The highest BCUT2D eigenvalue weighted by Crippen LogP contribution is 2.46. The summed E-state index contributed by atoms with van der Waals surface area (Å²) in [4.78, 5) is 35.8. The van der Waals surface area contributed by atoms with E-state index in [1.54, 1.807) is 9.80 Å². The first-order chi connectivity index (χ1) is 19.0. The number of fused-ring (bicyclic) bond motifs is 6. The Hall–Kier alpha value is -4.43. The van der Waals surface area contributed by atoms with Crippen LogP contribution in [0.2, 0.25) is 0 Å². The monoisotopic (exact) mass is 539 g/mol. The molecule has 2 aromatic heterocycles. The molecule has 39 heavy (non-hydrogen) atoms. The molecule has 0 bridgehead atoms. The van der Waals surface area contributed by atoms with Crippen LogP contribution in [0.3, 0.4) is 0 Å². The number of aromatic nitrogens is 2. The average molecular weight is 540 g/mol. The van der Waals surface area contributed by atoms with Crippen molar-refractivity contribution in [3.8, 4) is 5.75 Å². The number of rotatable bonds is 5. The van der Waals surface area contributed by atoms with E-state index in [9.17, 15) is 9.59 Å². The third-order valence-corrected chi connectivity index (χ3v) is 8.23. The SMILES string of the molecule is NC(=O)N1CCc2c1ccc1[nH]c(C(=O)N3C[C@H](CCl)c4c3cc(OCc3ccccc3)c3[nH]ccc43)cc21. The molecule has 4 heterocycles. The molecule has 0 aliphatic carbocycles. The van der Waals surface area contributed by atoms with E-state index in [1.807, 2.05) is 66.9 Å². The van der Waals surface area contributed by atoms with E-state index < -0.39 is 6.03 Å². The number of anilines is 2. The summed E-state index contributed by atoms with van der Waals surface area (Å²) in [6.45, 7) is 1.42. The number of primary amides is 1. The van der Waals surface area contributed by atoms with Crippen LogP contribution in [0.4, 0.5) is 16.2 Å². The maximum Gasteiger partial charge on any atom is 0.319 e. The second-order valence-electron chi connectivity index (χ2n) is 10.1. The number of nitrogens with one attached hydrogen (secondary N) is 2. The van der Waals surface area contributed by atoms with E-state index in [0.29, 0.717) is 43.4 Å². The third kappa shape index (κ3) is 3.74. The lowest BCUT2D eigenvalue weighted by atomic mass is 9.99. The molecule has 8 nitrogen and oxygen atoms in total. The second kappa shape index (κ2) is 9.10. The van der Waals surface area contributed by atoms with Crippen molar-refractivity contribution in [2.45, 2.75) is 18.9 Å². The minimum atomic E-state index is -0.470. The van der Waals surface area contributed by atoms with E-state index in [1.165, 1.54) is 0 Å². The summed E-state index contributed by atoms with van der Waals surface area (Å²) in [6, 6.07) is 19.2. The Kier molecular flexibility index (Phi) is 5.52. The molecular formula is C30H26ClN5O3. The zero-order chi connectivity index (χ0) is 26.7. The number of benzene rings is 3. The summed E-state index contributed by atoms with van der Waals surface area (Å²) < 4.78 is 6.27. The predicted molar refractivity (Wildman–Crippen MR) is 153 cm³/mol. The fraction of sp³-hybridized carbons (Fsp3) is 0.200. The Morgan fingerprint density at radius 1 is 1.03 bits per heavy atom. The van der Waals surface area contributed by atoms with E-state index in [4.69, 9.17) is 22.1 Å². The molecule has 9 heteroatoms. The van der Waals surface area contributed by atoms with Crippen LogP contribution in [0.15, 0.2) is 66.9 Å². The Bertz CT molecular complexity index is 1760. The first-order valence-corrected chi connectivity index (χ1v) is 13.5. The van der Waals surface area contributed by atoms with Gasteiger partial charge >= 0.3 is 6.03 Å². The van der Waals surface area contributed by atoms with E-state index in [0.717, 1.165) is 49.9 Å². The number of nitrogens with zero attached hydrogens (tertiary/aromatic N) is 2. The summed E-state index contributed by atoms with van der Waals surface area (Å²) in [5, 5.41) is 1.94. The highest BCUT2D eigenvalue weighted by Gasteiger charge is 2.36. The topological polar surface area (TPSA) is 107 Å². The third-order valence-electron chi connectivity index (χ3n) is 7.86. The molecule has 3 aromatic carbocycles. The van der Waals surface area contributed by atoms with Gasteiger partial charge < -0.3 is 25.3 Å². The first-order valence-electron chi connectivity index (χ1n) is 12.9. The lowest BCUT2D eigenvalue weighted by molar-refractivity contribution is 0.0984. The van der Waals surface area contributed by atoms with Gasteiger partial charge in [-0.15, -0.1) is 11.6 Å². The van der Waals surface area contributed by atoms with Crippen LogP contribution in [0.1, 0.15) is 33.1 Å². The lowest BCUT2D eigenvalue weighted by Crippen LogP contribution is -2.33. The number of urea groups is 1. The fourth-order valence-corrected chi connectivity index (χ4v) is 6.29. The van der Waals surface area contributed by atoms with Crippen molar-refractivity contribution in [3.05, 3.63) is 89.2 Å². The summed E-state index contributed by atoms with van der Waals surface area (Å²) >= 11 is 6.44. The van der Waals surface area contributed by atoms with Crippen molar-refractivity contribution in [2.24, 2.45) is 5.73 Å². The Labute approximate surface area is 229 Å². The number of nitrogens with two attached hydrogens (primary N) is 1. The molecule has 0 fully saturated rings. The summed E-state index contributed by atoms with van der Waals surface area (Å²) in [5.74, 6) is 0.934. The Balaban J connectivity index is 1.27. The van der Waals surface area contributed by atoms with Gasteiger partial charge in [-0.3, -0.25) is 9.69 Å². The molecule has 0 saturated heterocycles. The minimum Gasteiger partial charge on any atom is -0.487 e. The first kappa shape index (κ1) is 23.7. The van der Waals surface area contributed by atoms with E-state index >= 15 is 0 Å². The fourth-order valence-electron chi connectivity index (χ4n) is 6.04. The lowest BCUT2D eigenvalue weighted by Gasteiger charge is -2.18. The molecule has 5 aromatic rings. The number of H-pyrrole nitrogens is 2. The number of hydrogen-bond acceptors (Lipinski definition) is 3. The highest BCUT2D eigenvalue weighted by molar-refractivity contribution is 6.19. The molecule has 1 atom stereocenters. The molecule has 7 rings (SSSR count). The Morgan fingerprint density at radius 2 is 1.87 bits per heavy atom. The molecule has 0 unspecified atom stereocenters. The van der Waals surface area contributed by atoms with Crippen LogP contribution in [0, 0.1) is 0 Å². The van der Waals surface area contributed by atoms with Crippen LogP contribution < -0.4 is 20.3 Å². The van der Waals surface area contributed by atoms with Gasteiger partial charge in [-0.1, -0.05) is 30.3 Å². The number of halogens is 1. The van der Waals surface area contributed by atoms with Crippen molar-refractivity contribution in [1.82, 2.24) is 9.97 Å². The van der Waals surface area contributed by atoms with E-state index in [2.05, 4.69) is 9.97 Å². The van der Waals surface area contributed by atoms with Gasteiger partial charge in [0.15, 0.2) is 0 Å². The number of alkyl halides is 1. The molecule has 4 N–H and O–H groups in total. The van der Waals surface area contributed by atoms with Gasteiger partial charge in [0, 0.05) is 59.1 Å². The van der Waals surface area contributed by atoms with Crippen LogP contribution in [-0.2, 0) is 13.0 Å². The molecule has 0 radical (unpaired) electrons. The molecule has 196 valence electrons. The van der Waals surface area contributed by atoms with Crippen molar-refractivity contribution < 1.29 is 14.3 Å². The Morgan fingerprint density at radius 3 is 2.67 bits per heavy atom. The number of hydrogen-bond donors (Lipinski definition) is 3. The van der Waals surface area contributed by atoms with Crippen LogP contribution in [-0.4, -0.2) is 40.9 Å². The zero-order valence-corrected chi connectivity index (χ0v) is 21.8. The van der Waals surface area contributed by atoms with Crippen LogP contribution in [0.25, 0.3) is 21.8 Å². The molecule has 2 aliphatic rings. The largest absolute Gasteiger partial charge is 0.487 e. The predicted octanol–water partition coefficient (Wildman–Crippen LogP) is 5.65. The second-order valence-corrected chi connectivity index (χ2v) is 10.4. The zero-order valence-electron chi connectivity index (χ0n) is 21.0. The molecule has 0 spiro atoms. The number of ether oxygens (including phenoxy) is 1. The van der Waals surface area contributed by atoms with Crippen molar-refractivity contribution in [1.29, 1.82) is 0 Å². The summed E-state index contributed by atoms with van der Waals surface area (Å²) in [7, 11) is 0. The molecule has 2 aliphatic heterocycles. The smallest absolute Gasteiger partial charge is 0.319 e. The highest BCUT2D eigenvalue weighted by atomic mass is 35.5. The van der Waals surface area contributed by atoms with Crippen molar-refractivity contribution in [2.75, 3.05) is 28.8 Å². The number of aromatic amines is 2. The van der Waals surface area contributed by atoms with E-state index in [-0.39, 0.29) is 11.8 Å². The number of carbonyl (C=O) groups is 2. The summed E-state index contributed by atoms with van der Waals surface area (Å²) in [5.41, 5.74) is 12.5. The van der Waals surface area contributed by atoms with Gasteiger partial charge in [0.25, 0.3) is 5.91 Å². The number of amides is 3. The van der Waals surface area contributed by atoms with Gasteiger partial charge in [-0.05, 0) is 47.4 Å². The average Bonchev–Trinajstić information content (AvgIpc) is 3.74.